The summed E-state index contributed by atoms with van der Waals surface area (Å²) in [5, 5.41) is 5.71. The summed E-state index contributed by atoms with van der Waals surface area (Å²) in [6.07, 6.45) is 1.40. The molecule has 0 bridgehead atoms. The van der Waals surface area contributed by atoms with E-state index < -0.39 is 21.7 Å². The molecular weight excluding hydrogens is 438 g/mol. The van der Waals surface area contributed by atoms with Crippen LogP contribution in [0.5, 0.6) is 11.5 Å². The molecule has 7 nitrogen and oxygen atoms in total. The van der Waals surface area contributed by atoms with E-state index in [1.807, 2.05) is 0 Å². The third-order valence-corrected chi connectivity index (χ3v) is 5.63. The zero-order chi connectivity index (χ0) is 21.3. The van der Waals surface area contributed by atoms with Gasteiger partial charge >= 0.3 is 0 Å². The minimum absolute atomic E-state index is 0.0554. The molecule has 30 heavy (non-hydrogen) atoms. The molecule has 4 rings (SSSR count). The van der Waals surface area contributed by atoms with E-state index in [1.165, 1.54) is 24.4 Å². The van der Waals surface area contributed by atoms with Gasteiger partial charge in [-0.05, 0) is 42.5 Å². The number of hydrogen-bond donors (Lipinski definition) is 2. The first-order valence-electron chi connectivity index (χ1n) is 8.55. The summed E-state index contributed by atoms with van der Waals surface area (Å²) in [6, 6.07) is 10.9. The average molecular weight is 451 g/mol. The van der Waals surface area contributed by atoms with Crippen LogP contribution < -0.4 is 15.4 Å². The number of rotatable bonds is 4. The molecule has 0 saturated carbocycles. The van der Waals surface area contributed by atoms with E-state index in [4.69, 9.17) is 16.3 Å². The summed E-state index contributed by atoms with van der Waals surface area (Å²) in [4.78, 5) is 3.60. The molecule has 0 saturated heterocycles. The maximum atomic E-state index is 14.5. The van der Waals surface area contributed by atoms with Crippen molar-refractivity contribution in [3.63, 3.8) is 0 Å². The number of anilines is 1. The molecule has 0 unspecified atom stereocenters. The lowest BCUT2D eigenvalue weighted by atomic mass is 10.2. The summed E-state index contributed by atoms with van der Waals surface area (Å²) < 4.78 is 62.6. The molecule has 1 aliphatic heterocycles. The number of sulfonamides is 1. The number of guanidine groups is 1. The van der Waals surface area contributed by atoms with Crippen LogP contribution in [0, 0.1) is 11.6 Å². The van der Waals surface area contributed by atoms with E-state index in [0.717, 1.165) is 12.1 Å². The highest BCUT2D eigenvalue weighted by Crippen LogP contribution is 2.40. The van der Waals surface area contributed by atoms with Gasteiger partial charge in [0.25, 0.3) is 10.0 Å². The first-order valence-corrected chi connectivity index (χ1v) is 10.4. The lowest BCUT2D eigenvalue weighted by molar-refractivity contribution is 0.443. The van der Waals surface area contributed by atoms with Gasteiger partial charge in [-0.25, -0.2) is 8.78 Å². The van der Waals surface area contributed by atoms with Gasteiger partial charge in [-0.2, -0.15) is 8.42 Å². The third-order valence-electron chi connectivity index (χ3n) is 4.08. The Balaban J connectivity index is 1.67. The Morgan fingerprint density at radius 2 is 1.93 bits per heavy atom. The summed E-state index contributed by atoms with van der Waals surface area (Å²) >= 11 is 5.92. The maximum absolute atomic E-state index is 14.5. The monoisotopic (exact) mass is 450 g/mol. The predicted octanol–water partition coefficient (Wildman–Crippen LogP) is 4.07. The number of hydrogen-bond acceptors (Lipinski definition) is 6. The lowest BCUT2D eigenvalue weighted by Gasteiger charge is -2.22. The van der Waals surface area contributed by atoms with Crippen molar-refractivity contribution in [3.8, 4) is 11.5 Å². The molecule has 0 fully saturated rings. The van der Waals surface area contributed by atoms with Gasteiger partial charge in [0.15, 0.2) is 11.6 Å². The van der Waals surface area contributed by atoms with E-state index in [-0.39, 0.29) is 40.3 Å². The fraction of sp³-hybridized carbons (Fsp3) is 0.0526. The molecule has 0 amide bonds. The average Bonchev–Trinajstić information content (AvgIpc) is 2.69. The van der Waals surface area contributed by atoms with Gasteiger partial charge < -0.3 is 15.4 Å². The first kappa shape index (κ1) is 20.0. The molecule has 154 valence electrons. The van der Waals surface area contributed by atoms with Gasteiger partial charge in [-0.15, -0.1) is 4.40 Å². The van der Waals surface area contributed by atoms with Crippen molar-refractivity contribution in [1.82, 2.24) is 10.3 Å². The number of ether oxygens (including phenoxy) is 1. The standard InChI is InChI=1S/C19H13ClF2N4O3S/c20-11-3-1-4-12(9-11)29-18-14(22)6-7-16-17(18)25-19(26-30(16,27)28)24-10-15-13(21)5-2-8-23-15/h1-9H,10H2,(H2,24,25,26). The SMILES string of the molecule is O=S1(=O)N=C(NCc2ncccc2F)Nc2c1ccc(F)c2Oc1cccc(Cl)c1. The number of halogens is 3. The van der Waals surface area contributed by atoms with Gasteiger partial charge in [0.05, 0.1) is 12.2 Å². The second kappa shape index (κ2) is 7.88. The Labute approximate surface area is 175 Å². The van der Waals surface area contributed by atoms with Gasteiger partial charge in [0.2, 0.25) is 5.96 Å². The minimum Gasteiger partial charge on any atom is -0.452 e. The lowest BCUT2D eigenvalue weighted by Crippen LogP contribution is -2.35. The fourth-order valence-electron chi connectivity index (χ4n) is 2.72. The van der Waals surface area contributed by atoms with Gasteiger partial charge in [-0.1, -0.05) is 17.7 Å². The minimum atomic E-state index is -4.17. The Morgan fingerprint density at radius 3 is 2.70 bits per heavy atom. The van der Waals surface area contributed by atoms with Gasteiger partial charge in [0, 0.05) is 11.2 Å². The van der Waals surface area contributed by atoms with Crippen molar-refractivity contribution in [2.24, 2.45) is 4.40 Å². The van der Waals surface area contributed by atoms with Crippen molar-refractivity contribution in [2.45, 2.75) is 11.4 Å². The second-order valence-corrected chi connectivity index (χ2v) is 8.14. The summed E-state index contributed by atoms with van der Waals surface area (Å²) in [6.45, 7) is -0.150. The molecule has 0 radical (unpaired) electrons. The number of pyridine rings is 1. The van der Waals surface area contributed by atoms with E-state index in [2.05, 4.69) is 20.0 Å². The fourth-order valence-corrected chi connectivity index (χ4v) is 3.99. The quantitative estimate of drug-likeness (QED) is 0.622. The first-order chi connectivity index (χ1) is 14.3. The Hall–Kier alpha value is -3.24. The van der Waals surface area contributed by atoms with Crippen LogP contribution in [-0.2, 0) is 16.6 Å². The van der Waals surface area contributed by atoms with E-state index in [9.17, 15) is 17.2 Å². The molecular formula is C19H13ClF2N4O3S. The molecule has 1 aromatic heterocycles. The third kappa shape index (κ3) is 4.05. The molecule has 1 aliphatic rings. The smallest absolute Gasteiger partial charge is 0.287 e. The van der Waals surface area contributed by atoms with Crippen molar-refractivity contribution in [1.29, 1.82) is 0 Å². The number of benzene rings is 2. The van der Waals surface area contributed by atoms with Crippen LogP contribution >= 0.6 is 11.6 Å². The molecule has 11 heteroatoms. The zero-order valence-electron chi connectivity index (χ0n) is 15.1. The number of nitrogens with zero attached hydrogens (tertiary/aromatic N) is 2. The molecule has 0 aliphatic carbocycles. The van der Waals surface area contributed by atoms with Gasteiger partial charge in [-0.3, -0.25) is 4.98 Å². The van der Waals surface area contributed by atoms with E-state index >= 15 is 0 Å². The van der Waals surface area contributed by atoms with Crippen LogP contribution in [0.15, 0.2) is 64.0 Å². The van der Waals surface area contributed by atoms with Crippen molar-refractivity contribution in [2.75, 3.05) is 5.32 Å². The van der Waals surface area contributed by atoms with E-state index in [0.29, 0.717) is 5.02 Å². The maximum Gasteiger partial charge on any atom is 0.287 e. The molecule has 2 N–H and O–H groups in total. The van der Waals surface area contributed by atoms with Crippen molar-refractivity contribution in [3.05, 3.63) is 77.1 Å². The topological polar surface area (TPSA) is 92.7 Å². The highest BCUT2D eigenvalue weighted by molar-refractivity contribution is 7.90. The van der Waals surface area contributed by atoms with Crippen LogP contribution in [0.3, 0.4) is 0 Å². The normalized spacial score (nSPS) is 14.3. The molecule has 0 atom stereocenters. The summed E-state index contributed by atoms with van der Waals surface area (Å²) in [7, 11) is -4.17. The highest BCUT2D eigenvalue weighted by Gasteiger charge is 2.30. The summed E-state index contributed by atoms with van der Waals surface area (Å²) in [5.41, 5.74) is -0.0891. The zero-order valence-corrected chi connectivity index (χ0v) is 16.6. The van der Waals surface area contributed by atoms with E-state index in [1.54, 1.807) is 18.2 Å². The predicted molar refractivity (Wildman–Crippen MR) is 107 cm³/mol. The number of aromatic nitrogens is 1. The number of nitrogens with one attached hydrogen (secondary N) is 2. The van der Waals surface area contributed by atoms with Crippen LogP contribution in [-0.4, -0.2) is 19.4 Å². The Bertz CT molecular complexity index is 1270. The Morgan fingerprint density at radius 1 is 1.10 bits per heavy atom. The van der Waals surface area contributed by atoms with Gasteiger partial charge in [0.1, 0.15) is 22.1 Å². The summed E-state index contributed by atoms with van der Waals surface area (Å²) in [5.74, 6) is -1.73. The van der Waals surface area contributed by atoms with Crippen molar-refractivity contribution >= 4 is 33.3 Å². The van der Waals surface area contributed by atoms with Crippen LogP contribution in [0.2, 0.25) is 5.02 Å². The largest absolute Gasteiger partial charge is 0.452 e. The van der Waals surface area contributed by atoms with Crippen molar-refractivity contribution < 1.29 is 21.9 Å². The Kier molecular flexibility index (Phi) is 5.27. The van der Waals surface area contributed by atoms with Crippen LogP contribution in [0.25, 0.3) is 0 Å². The van der Waals surface area contributed by atoms with Crippen LogP contribution in [0.1, 0.15) is 5.69 Å². The molecule has 3 aromatic rings. The van der Waals surface area contributed by atoms with Crippen LogP contribution in [0.4, 0.5) is 14.5 Å². The highest BCUT2D eigenvalue weighted by atomic mass is 35.5. The molecule has 0 spiro atoms. The number of fused-ring (bicyclic) bond motifs is 1. The second-order valence-electron chi connectivity index (χ2n) is 6.13. The molecule has 2 heterocycles. The molecule has 2 aromatic carbocycles.